The lowest BCUT2D eigenvalue weighted by Gasteiger charge is -2.09. The summed E-state index contributed by atoms with van der Waals surface area (Å²) < 4.78 is 17.8. The van der Waals surface area contributed by atoms with Gasteiger partial charge in [0, 0.05) is 21.9 Å². The first-order valence-corrected chi connectivity index (χ1v) is 9.96. The Kier molecular flexibility index (Phi) is 5.74. The van der Waals surface area contributed by atoms with Crippen LogP contribution in [0.15, 0.2) is 40.8 Å². The number of nitrogens with one attached hydrogen (secondary N) is 1. The Morgan fingerprint density at radius 1 is 1.17 bits per heavy atom. The molecule has 24 heavy (non-hydrogen) atoms. The molecule has 0 unspecified atom stereocenters. The van der Waals surface area contributed by atoms with E-state index in [2.05, 4.69) is 5.32 Å². The van der Waals surface area contributed by atoms with E-state index >= 15 is 0 Å². The molecule has 0 radical (unpaired) electrons. The average Bonchev–Trinajstić information content (AvgIpc) is 3.21. The number of rotatable bonds is 6. The third-order valence-electron chi connectivity index (χ3n) is 4.15. The number of benzene rings is 1. The fraction of sp³-hybridized carbons (Fsp3) is 0.389. The van der Waals surface area contributed by atoms with E-state index in [1.165, 1.54) is 0 Å². The van der Waals surface area contributed by atoms with Gasteiger partial charge < -0.3 is 9.73 Å². The normalized spacial score (nSPS) is 16.2. The molecule has 1 aliphatic rings. The molecule has 0 bridgehead atoms. The number of amides is 1. The topological polar surface area (TPSA) is 59.3 Å². The molecule has 1 amide bonds. The minimum Gasteiger partial charge on any atom is -0.455 e. The zero-order chi connectivity index (χ0) is 16.9. The van der Waals surface area contributed by atoms with Crippen molar-refractivity contribution >= 4 is 28.3 Å². The van der Waals surface area contributed by atoms with Gasteiger partial charge in [-0.25, -0.2) is 0 Å². The van der Waals surface area contributed by atoms with Crippen LogP contribution in [0.3, 0.4) is 0 Å². The number of carbonyl (C=O) groups is 1. The summed E-state index contributed by atoms with van der Waals surface area (Å²) in [6.45, 7) is 0. The van der Waals surface area contributed by atoms with E-state index in [4.69, 9.17) is 16.0 Å². The Morgan fingerprint density at radius 3 is 2.67 bits per heavy atom. The summed E-state index contributed by atoms with van der Waals surface area (Å²) in [5.41, 5.74) is 0.850. The van der Waals surface area contributed by atoms with E-state index in [1.54, 1.807) is 18.2 Å². The second kappa shape index (κ2) is 7.99. The number of halogens is 1. The first-order chi connectivity index (χ1) is 11.6. The highest BCUT2D eigenvalue weighted by molar-refractivity contribution is 7.83. The van der Waals surface area contributed by atoms with E-state index < -0.39 is 10.8 Å². The van der Waals surface area contributed by atoms with Gasteiger partial charge in [0.2, 0.25) is 0 Å². The van der Waals surface area contributed by atoms with Crippen molar-refractivity contribution in [2.45, 2.75) is 43.2 Å². The van der Waals surface area contributed by atoms with E-state index in [0.717, 1.165) is 31.2 Å². The molecule has 1 fully saturated rings. The number of carbonyl (C=O) groups excluding carboxylic acids is 1. The van der Waals surface area contributed by atoms with Crippen molar-refractivity contribution in [1.29, 1.82) is 0 Å². The van der Waals surface area contributed by atoms with Gasteiger partial charge in [-0.1, -0.05) is 42.6 Å². The van der Waals surface area contributed by atoms with Crippen LogP contribution in [0, 0.1) is 0 Å². The molecule has 1 aromatic heterocycles. The zero-order valence-electron chi connectivity index (χ0n) is 13.3. The van der Waals surface area contributed by atoms with Crippen molar-refractivity contribution in [3.8, 4) is 0 Å². The molecule has 1 N–H and O–H groups in total. The van der Waals surface area contributed by atoms with Crippen LogP contribution >= 0.6 is 11.6 Å². The van der Waals surface area contributed by atoms with E-state index in [-0.39, 0.29) is 23.5 Å². The second-order valence-corrected chi connectivity index (χ2v) is 7.90. The lowest BCUT2D eigenvalue weighted by Crippen LogP contribution is -2.32. The van der Waals surface area contributed by atoms with Crippen LogP contribution < -0.4 is 5.32 Å². The van der Waals surface area contributed by atoms with E-state index in [0.29, 0.717) is 16.5 Å². The summed E-state index contributed by atoms with van der Waals surface area (Å²) in [6, 6.07) is 11.0. The van der Waals surface area contributed by atoms with Crippen LogP contribution in [0.4, 0.5) is 0 Å². The first kappa shape index (κ1) is 17.2. The monoisotopic (exact) mass is 365 g/mol. The molecule has 1 aliphatic carbocycles. The summed E-state index contributed by atoms with van der Waals surface area (Å²) >= 11 is 6.09. The van der Waals surface area contributed by atoms with Crippen LogP contribution in [0.2, 0.25) is 5.02 Å². The first-order valence-electron chi connectivity index (χ1n) is 8.10. The Hall–Kier alpha value is -1.59. The minimum absolute atomic E-state index is 0.190. The van der Waals surface area contributed by atoms with Gasteiger partial charge in [-0.05, 0) is 36.6 Å². The van der Waals surface area contributed by atoms with Gasteiger partial charge >= 0.3 is 0 Å². The van der Waals surface area contributed by atoms with Crippen molar-refractivity contribution in [3.05, 3.63) is 58.5 Å². The summed E-state index contributed by atoms with van der Waals surface area (Å²) in [7, 11) is -1.15. The second-order valence-electron chi connectivity index (χ2n) is 6.04. The molecule has 6 heteroatoms. The largest absolute Gasteiger partial charge is 0.455 e. The molecule has 3 rings (SSSR count). The minimum atomic E-state index is -1.15. The Bertz CT molecular complexity index is 737. The molecule has 1 aromatic carbocycles. The Balaban J connectivity index is 1.56. The summed E-state index contributed by atoms with van der Waals surface area (Å²) in [6.07, 6.45) is 4.38. The molecule has 0 aliphatic heterocycles. The van der Waals surface area contributed by atoms with Gasteiger partial charge in [0.15, 0.2) is 5.76 Å². The quantitative estimate of drug-likeness (QED) is 0.839. The maximum Gasteiger partial charge on any atom is 0.287 e. The molecule has 4 nitrogen and oxygen atoms in total. The van der Waals surface area contributed by atoms with E-state index in [9.17, 15) is 9.00 Å². The predicted molar refractivity (Wildman–Crippen MR) is 95.4 cm³/mol. The third kappa shape index (κ3) is 4.48. The molecule has 128 valence electrons. The van der Waals surface area contributed by atoms with Gasteiger partial charge in [0.05, 0.1) is 11.5 Å². The van der Waals surface area contributed by atoms with Crippen LogP contribution in [0.1, 0.15) is 47.6 Å². The molecule has 2 aromatic rings. The van der Waals surface area contributed by atoms with Crippen LogP contribution in [0.25, 0.3) is 0 Å². The molecule has 1 heterocycles. The van der Waals surface area contributed by atoms with Crippen molar-refractivity contribution in [2.24, 2.45) is 0 Å². The number of hydrogen-bond acceptors (Lipinski definition) is 3. The lowest BCUT2D eigenvalue weighted by molar-refractivity contribution is 0.0908. The van der Waals surface area contributed by atoms with Gasteiger partial charge in [0.1, 0.15) is 5.76 Å². The SMILES string of the molecule is O=C(NC1CCCC1)c1ccc(C[S@](=O)Cc2ccccc2Cl)o1. The third-order valence-corrected chi connectivity index (χ3v) is 5.76. The highest BCUT2D eigenvalue weighted by Crippen LogP contribution is 2.20. The molecule has 0 saturated heterocycles. The molecular weight excluding hydrogens is 346 g/mol. The molecule has 1 saturated carbocycles. The standard InChI is InChI=1S/C18H20ClNO3S/c19-16-8-4-1-5-13(16)11-24(22)12-15-9-10-17(23-15)18(21)20-14-6-2-3-7-14/h1,4-5,8-10,14H,2-3,6-7,11-12H2,(H,20,21)/t24-/m1/s1. The summed E-state index contributed by atoms with van der Waals surface area (Å²) in [5.74, 6) is 1.28. The van der Waals surface area contributed by atoms with Crippen LogP contribution in [-0.2, 0) is 22.3 Å². The van der Waals surface area contributed by atoms with Crippen molar-refractivity contribution in [3.63, 3.8) is 0 Å². The number of hydrogen-bond donors (Lipinski definition) is 1. The predicted octanol–water partition coefficient (Wildman–Crippen LogP) is 4.05. The van der Waals surface area contributed by atoms with E-state index in [1.807, 2.05) is 18.2 Å². The fourth-order valence-electron chi connectivity index (χ4n) is 2.90. The summed E-state index contributed by atoms with van der Waals surface area (Å²) in [5, 5.41) is 3.60. The van der Waals surface area contributed by atoms with Gasteiger partial charge in [-0.2, -0.15) is 0 Å². The molecule has 0 spiro atoms. The molecular formula is C18H20ClNO3S. The maximum atomic E-state index is 12.3. The highest BCUT2D eigenvalue weighted by atomic mass is 35.5. The fourth-order valence-corrected chi connectivity index (χ4v) is 4.36. The zero-order valence-corrected chi connectivity index (χ0v) is 14.9. The van der Waals surface area contributed by atoms with Gasteiger partial charge in [-0.3, -0.25) is 9.00 Å². The summed E-state index contributed by atoms with van der Waals surface area (Å²) in [4.78, 5) is 12.1. The van der Waals surface area contributed by atoms with Crippen molar-refractivity contribution in [2.75, 3.05) is 0 Å². The van der Waals surface area contributed by atoms with Crippen molar-refractivity contribution < 1.29 is 13.4 Å². The Labute approximate surface area is 149 Å². The van der Waals surface area contributed by atoms with Crippen LogP contribution in [-0.4, -0.2) is 16.2 Å². The number of furan rings is 1. The average molecular weight is 366 g/mol. The van der Waals surface area contributed by atoms with Crippen molar-refractivity contribution in [1.82, 2.24) is 5.32 Å². The smallest absolute Gasteiger partial charge is 0.287 e. The van der Waals surface area contributed by atoms with Gasteiger partial charge in [0.25, 0.3) is 5.91 Å². The highest BCUT2D eigenvalue weighted by Gasteiger charge is 2.20. The lowest BCUT2D eigenvalue weighted by atomic mass is 10.2. The van der Waals surface area contributed by atoms with Crippen LogP contribution in [0.5, 0.6) is 0 Å². The molecule has 1 atom stereocenters. The maximum absolute atomic E-state index is 12.3. The van der Waals surface area contributed by atoms with Gasteiger partial charge in [-0.15, -0.1) is 0 Å². The Morgan fingerprint density at radius 2 is 1.92 bits per heavy atom.